The van der Waals surface area contributed by atoms with Crippen LogP contribution in [0.3, 0.4) is 0 Å². The zero-order valence-corrected chi connectivity index (χ0v) is 13.3. The van der Waals surface area contributed by atoms with Crippen LogP contribution in [0.4, 0.5) is 0 Å². The van der Waals surface area contributed by atoms with Gasteiger partial charge in [-0.05, 0) is 74.1 Å². The quantitative estimate of drug-likeness (QED) is 0.491. The molecule has 0 heterocycles. The Bertz CT molecular complexity index is 209. The summed E-state index contributed by atoms with van der Waals surface area (Å²) in [7, 11) is 8.37. The molecular formula is C14H31N3O2. The second-order valence-corrected chi connectivity index (χ2v) is 5.66. The van der Waals surface area contributed by atoms with Crippen molar-refractivity contribution in [3.05, 3.63) is 0 Å². The molecule has 0 spiro atoms. The molecule has 0 aromatic carbocycles. The molecule has 0 aliphatic carbocycles. The lowest BCUT2D eigenvalue weighted by Crippen LogP contribution is -2.36. The average molecular weight is 273 g/mol. The van der Waals surface area contributed by atoms with E-state index in [4.69, 9.17) is 4.74 Å². The van der Waals surface area contributed by atoms with Crippen LogP contribution < -0.4 is 0 Å². The summed E-state index contributed by atoms with van der Waals surface area (Å²) in [6.45, 7) is 7.60. The third kappa shape index (κ3) is 12.1. The van der Waals surface area contributed by atoms with E-state index in [9.17, 15) is 4.79 Å². The van der Waals surface area contributed by atoms with E-state index in [1.165, 1.54) is 0 Å². The summed E-state index contributed by atoms with van der Waals surface area (Å²) < 4.78 is 4.98. The highest BCUT2D eigenvalue weighted by molar-refractivity contribution is 5.37. The molecule has 0 rings (SSSR count). The zero-order chi connectivity index (χ0) is 14.7. The van der Waals surface area contributed by atoms with Gasteiger partial charge in [-0.2, -0.15) is 0 Å². The molecule has 114 valence electrons. The second-order valence-electron chi connectivity index (χ2n) is 5.66. The molecule has 0 saturated heterocycles. The van der Waals surface area contributed by atoms with Crippen molar-refractivity contribution in [3.63, 3.8) is 0 Å². The fourth-order valence-electron chi connectivity index (χ4n) is 2.02. The predicted octanol–water partition coefficient (Wildman–Crippen LogP) is 0.753. The highest BCUT2D eigenvalue weighted by atomic mass is 16.5. The number of ether oxygens (including phenoxy) is 1. The number of carbonyl (C=O) groups excluding carboxylic acids is 1. The van der Waals surface area contributed by atoms with Crippen LogP contribution in [0.1, 0.15) is 19.8 Å². The molecular weight excluding hydrogens is 242 g/mol. The molecule has 19 heavy (non-hydrogen) atoms. The number of nitrogens with zero attached hydrogens (tertiary/aromatic N) is 3. The molecule has 0 aliphatic rings. The first-order valence-electron chi connectivity index (χ1n) is 7.06. The van der Waals surface area contributed by atoms with Crippen LogP contribution in [0, 0.1) is 0 Å². The molecule has 0 aromatic heterocycles. The average Bonchev–Trinajstić information content (AvgIpc) is 2.27. The highest BCUT2D eigenvalue weighted by Crippen LogP contribution is 2.00. The van der Waals surface area contributed by atoms with E-state index in [-0.39, 0.29) is 6.10 Å². The zero-order valence-electron chi connectivity index (χ0n) is 13.3. The Balaban J connectivity index is 4.01. The van der Waals surface area contributed by atoms with E-state index < -0.39 is 0 Å². The normalized spacial score (nSPS) is 13.3. The maximum atomic E-state index is 10.3. The van der Waals surface area contributed by atoms with Gasteiger partial charge < -0.3 is 14.5 Å². The summed E-state index contributed by atoms with van der Waals surface area (Å²) in [5.41, 5.74) is 0. The topological polar surface area (TPSA) is 36.0 Å². The van der Waals surface area contributed by atoms with Gasteiger partial charge in [0, 0.05) is 6.54 Å². The molecule has 5 nitrogen and oxygen atoms in total. The Labute approximate surface area is 118 Å². The van der Waals surface area contributed by atoms with E-state index in [2.05, 4.69) is 42.9 Å². The van der Waals surface area contributed by atoms with Crippen molar-refractivity contribution >= 4 is 6.47 Å². The standard InChI is InChI=1S/C14H31N3O2/c1-14(19-13-18)12-17(10-6-8-15(2)3)11-7-9-16(4)5/h13-14H,6-12H2,1-5H3. The summed E-state index contributed by atoms with van der Waals surface area (Å²) in [6, 6.07) is 0. The van der Waals surface area contributed by atoms with Crippen LogP contribution in [0.25, 0.3) is 0 Å². The van der Waals surface area contributed by atoms with Crippen LogP contribution in [0.15, 0.2) is 0 Å². The summed E-state index contributed by atoms with van der Waals surface area (Å²) in [4.78, 5) is 17.1. The van der Waals surface area contributed by atoms with Gasteiger partial charge >= 0.3 is 0 Å². The molecule has 0 radical (unpaired) electrons. The lowest BCUT2D eigenvalue weighted by atomic mass is 10.2. The minimum absolute atomic E-state index is 0.0313. The van der Waals surface area contributed by atoms with Crippen LogP contribution in [0.5, 0.6) is 0 Å². The molecule has 0 fully saturated rings. The lowest BCUT2D eigenvalue weighted by molar-refractivity contribution is -0.133. The molecule has 0 aliphatic heterocycles. The van der Waals surface area contributed by atoms with Gasteiger partial charge in [0.1, 0.15) is 6.10 Å². The highest BCUT2D eigenvalue weighted by Gasteiger charge is 2.10. The van der Waals surface area contributed by atoms with Crippen molar-refractivity contribution in [1.29, 1.82) is 0 Å². The first-order valence-corrected chi connectivity index (χ1v) is 7.06. The molecule has 0 aromatic rings. The minimum atomic E-state index is -0.0313. The molecule has 5 heteroatoms. The van der Waals surface area contributed by atoms with E-state index in [0.717, 1.165) is 45.6 Å². The number of carbonyl (C=O) groups is 1. The Hall–Kier alpha value is -0.650. The van der Waals surface area contributed by atoms with Crippen LogP contribution in [0.2, 0.25) is 0 Å². The van der Waals surface area contributed by atoms with E-state index in [1.54, 1.807) is 0 Å². The van der Waals surface area contributed by atoms with E-state index >= 15 is 0 Å². The maximum Gasteiger partial charge on any atom is 0.293 e. The number of rotatable bonds is 12. The Morgan fingerprint density at radius 1 is 0.947 bits per heavy atom. The molecule has 1 unspecified atom stereocenters. The molecule has 0 saturated carbocycles. The van der Waals surface area contributed by atoms with Gasteiger partial charge in [0.05, 0.1) is 0 Å². The van der Waals surface area contributed by atoms with Gasteiger partial charge in [-0.3, -0.25) is 9.69 Å². The first kappa shape index (κ1) is 18.4. The van der Waals surface area contributed by atoms with Crippen molar-refractivity contribution in [3.8, 4) is 0 Å². The lowest BCUT2D eigenvalue weighted by Gasteiger charge is -2.26. The molecule has 1 atom stereocenters. The largest absolute Gasteiger partial charge is 0.464 e. The Kier molecular flexibility index (Phi) is 10.8. The van der Waals surface area contributed by atoms with Gasteiger partial charge in [-0.1, -0.05) is 0 Å². The van der Waals surface area contributed by atoms with Crippen molar-refractivity contribution in [2.45, 2.75) is 25.9 Å². The van der Waals surface area contributed by atoms with Crippen LogP contribution in [-0.4, -0.2) is 88.2 Å². The third-order valence-electron chi connectivity index (χ3n) is 2.96. The van der Waals surface area contributed by atoms with Crippen LogP contribution in [-0.2, 0) is 9.53 Å². The summed E-state index contributed by atoms with van der Waals surface area (Å²) >= 11 is 0. The number of hydrogen-bond acceptors (Lipinski definition) is 5. The SMILES string of the molecule is CC(CN(CCCN(C)C)CCCN(C)C)OC=O. The van der Waals surface area contributed by atoms with Crippen molar-refractivity contribution in [1.82, 2.24) is 14.7 Å². The van der Waals surface area contributed by atoms with Gasteiger partial charge in [0.15, 0.2) is 0 Å². The minimum Gasteiger partial charge on any atom is -0.464 e. The number of hydrogen-bond donors (Lipinski definition) is 0. The predicted molar refractivity (Wildman–Crippen MR) is 79.4 cm³/mol. The van der Waals surface area contributed by atoms with Crippen molar-refractivity contribution in [2.24, 2.45) is 0 Å². The van der Waals surface area contributed by atoms with Gasteiger partial charge in [0.2, 0.25) is 0 Å². The van der Waals surface area contributed by atoms with Gasteiger partial charge in [-0.25, -0.2) is 0 Å². The van der Waals surface area contributed by atoms with Crippen molar-refractivity contribution < 1.29 is 9.53 Å². The fraction of sp³-hybridized carbons (Fsp3) is 0.929. The Morgan fingerprint density at radius 3 is 1.79 bits per heavy atom. The second kappa shape index (κ2) is 11.2. The smallest absolute Gasteiger partial charge is 0.293 e. The fourth-order valence-corrected chi connectivity index (χ4v) is 2.02. The Morgan fingerprint density at radius 2 is 1.42 bits per heavy atom. The maximum absolute atomic E-state index is 10.3. The van der Waals surface area contributed by atoms with E-state index in [1.807, 2.05) is 6.92 Å². The molecule has 0 N–H and O–H groups in total. The summed E-state index contributed by atoms with van der Waals surface area (Å²) in [5, 5.41) is 0. The monoisotopic (exact) mass is 273 g/mol. The summed E-state index contributed by atoms with van der Waals surface area (Å²) in [6.07, 6.45) is 2.25. The first-order chi connectivity index (χ1) is 8.95. The van der Waals surface area contributed by atoms with Gasteiger partial charge in [-0.15, -0.1) is 0 Å². The molecule has 0 bridgehead atoms. The van der Waals surface area contributed by atoms with Crippen LogP contribution >= 0.6 is 0 Å². The molecule has 0 amide bonds. The third-order valence-corrected chi connectivity index (χ3v) is 2.96. The van der Waals surface area contributed by atoms with E-state index in [0.29, 0.717) is 6.47 Å². The van der Waals surface area contributed by atoms with Gasteiger partial charge in [0.25, 0.3) is 6.47 Å². The van der Waals surface area contributed by atoms with Crippen molar-refractivity contribution in [2.75, 3.05) is 60.9 Å². The summed E-state index contributed by atoms with van der Waals surface area (Å²) in [5.74, 6) is 0.